The Morgan fingerprint density at radius 1 is 1.44 bits per heavy atom. The summed E-state index contributed by atoms with van der Waals surface area (Å²) in [5, 5.41) is 18.0. The molecule has 0 bridgehead atoms. The molecule has 1 aliphatic rings. The Morgan fingerprint density at radius 3 is 2.56 bits per heavy atom. The zero-order chi connectivity index (χ0) is 6.85. The van der Waals surface area contributed by atoms with Gasteiger partial charge in [-0.2, -0.15) is 0 Å². The van der Waals surface area contributed by atoms with Gasteiger partial charge in [-0.05, 0) is 12.8 Å². The molecule has 3 heteroatoms. The Balaban J connectivity index is 2.72. The van der Waals surface area contributed by atoms with E-state index < -0.39 is 0 Å². The number of aliphatic hydroxyl groups excluding tert-OH is 2. The van der Waals surface area contributed by atoms with Crippen LogP contribution in [0, 0.1) is 0 Å². The van der Waals surface area contributed by atoms with Crippen LogP contribution in [0.1, 0.15) is 19.3 Å². The molecule has 1 aliphatic carbocycles. The summed E-state index contributed by atoms with van der Waals surface area (Å²) in [5.41, 5.74) is 0. The van der Waals surface area contributed by atoms with Crippen molar-refractivity contribution < 1.29 is 10.2 Å². The van der Waals surface area contributed by atoms with Crippen LogP contribution in [0.25, 0.3) is 0 Å². The van der Waals surface area contributed by atoms with E-state index in [1.165, 1.54) is 0 Å². The van der Waals surface area contributed by atoms with Gasteiger partial charge in [0.2, 0.25) is 0 Å². The van der Waals surface area contributed by atoms with Crippen LogP contribution in [0.4, 0.5) is 0 Å². The van der Waals surface area contributed by atoms with Crippen molar-refractivity contribution in [3.8, 4) is 0 Å². The molecule has 0 saturated heterocycles. The summed E-state index contributed by atoms with van der Waals surface area (Å²) < 4.78 is 0. The first-order valence-electron chi connectivity index (χ1n) is 2.97. The fourth-order valence-electron chi connectivity index (χ4n) is 0.894. The Kier molecular flexibility index (Phi) is 2.01. The molecular formula is C6H9BrO2. The molecule has 0 fully saturated rings. The minimum atomic E-state index is -0.0220. The van der Waals surface area contributed by atoms with Gasteiger partial charge >= 0.3 is 0 Å². The predicted octanol–water partition coefficient (Wildman–Crippen LogP) is 2.26. The minimum absolute atomic E-state index is 0.0220. The lowest BCUT2D eigenvalue weighted by molar-refractivity contribution is 0.281. The van der Waals surface area contributed by atoms with E-state index in [9.17, 15) is 0 Å². The lowest BCUT2D eigenvalue weighted by Crippen LogP contribution is -2.10. The molecular weight excluding hydrogens is 184 g/mol. The second-order valence-electron chi connectivity index (χ2n) is 2.19. The first kappa shape index (κ1) is 6.93. The zero-order valence-electron chi connectivity index (χ0n) is 4.97. The van der Waals surface area contributed by atoms with Crippen LogP contribution < -0.4 is 0 Å². The van der Waals surface area contributed by atoms with E-state index in [1.807, 2.05) is 0 Å². The molecule has 0 aromatic rings. The number of hydrogen-bond donors (Lipinski definition) is 2. The molecule has 52 valence electrons. The fourth-order valence-corrected chi connectivity index (χ4v) is 1.48. The number of hydrogen-bond acceptors (Lipinski definition) is 2. The van der Waals surface area contributed by atoms with Crippen LogP contribution in [-0.2, 0) is 0 Å². The van der Waals surface area contributed by atoms with Crippen molar-refractivity contribution in [1.82, 2.24) is 0 Å². The highest BCUT2D eigenvalue weighted by molar-refractivity contribution is 9.09. The molecule has 0 spiro atoms. The van der Waals surface area contributed by atoms with Gasteiger partial charge in [0.1, 0.15) is 11.5 Å². The second-order valence-corrected chi connectivity index (χ2v) is 3.30. The normalized spacial score (nSPS) is 28.8. The van der Waals surface area contributed by atoms with Crippen LogP contribution in [0.15, 0.2) is 11.5 Å². The van der Waals surface area contributed by atoms with Crippen LogP contribution in [0.5, 0.6) is 0 Å². The summed E-state index contributed by atoms with van der Waals surface area (Å²) in [6.45, 7) is 0. The Morgan fingerprint density at radius 2 is 2.11 bits per heavy atom. The SMILES string of the molecule is OC1=C(O)C(Br)CCC1. The molecule has 0 saturated carbocycles. The molecule has 0 aromatic heterocycles. The fraction of sp³-hybridized carbons (Fsp3) is 0.667. The van der Waals surface area contributed by atoms with E-state index >= 15 is 0 Å². The van der Waals surface area contributed by atoms with Crippen molar-refractivity contribution >= 4 is 15.9 Å². The average molecular weight is 193 g/mol. The number of rotatable bonds is 0. The maximum atomic E-state index is 9.03. The number of halogens is 1. The smallest absolute Gasteiger partial charge is 0.143 e. The summed E-state index contributed by atoms with van der Waals surface area (Å²) in [7, 11) is 0. The van der Waals surface area contributed by atoms with E-state index in [0.717, 1.165) is 12.8 Å². The van der Waals surface area contributed by atoms with E-state index in [4.69, 9.17) is 10.2 Å². The van der Waals surface area contributed by atoms with Gasteiger partial charge in [0.05, 0.1) is 4.83 Å². The minimum Gasteiger partial charge on any atom is -0.509 e. The predicted molar refractivity (Wildman–Crippen MR) is 38.8 cm³/mol. The molecule has 0 heterocycles. The van der Waals surface area contributed by atoms with Gasteiger partial charge < -0.3 is 10.2 Å². The maximum absolute atomic E-state index is 9.03. The molecule has 1 rings (SSSR count). The molecule has 2 N–H and O–H groups in total. The van der Waals surface area contributed by atoms with Gasteiger partial charge in [-0.3, -0.25) is 0 Å². The highest BCUT2D eigenvalue weighted by atomic mass is 79.9. The van der Waals surface area contributed by atoms with E-state index in [2.05, 4.69) is 15.9 Å². The van der Waals surface area contributed by atoms with Crippen molar-refractivity contribution in [2.75, 3.05) is 0 Å². The van der Waals surface area contributed by atoms with Crippen molar-refractivity contribution in [3.63, 3.8) is 0 Å². The lowest BCUT2D eigenvalue weighted by Gasteiger charge is -2.15. The van der Waals surface area contributed by atoms with Gasteiger partial charge in [-0.1, -0.05) is 15.9 Å². The highest BCUT2D eigenvalue weighted by Gasteiger charge is 2.18. The topological polar surface area (TPSA) is 40.5 Å². The summed E-state index contributed by atoms with van der Waals surface area (Å²) in [5.74, 6) is 0.254. The van der Waals surface area contributed by atoms with Gasteiger partial charge in [-0.25, -0.2) is 0 Å². The van der Waals surface area contributed by atoms with Crippen molar-refractivity contribution in [3.05, 3.63) is 11.5 Å². The molecule has 2 nitrogen and oxygen atoms in total. The van der Waals surface area contributed by atoms with Gasteiger partial charge in [0.15, 0.2) is 0 Å². The van der Waals surface area contributed by atoms with E-state index in [1.54, 1.807) is 0 Å². The molecule has 1 unspecified atom stereocenters. The summed E-state index contributed by atoms with van der Waals surface area (Å²) in [6, 6.07) is 0. The molecule has 0 radical (unpaired) electrons. The Hall–Kier alpha value is -0.180. The van der Waals surface area contributed by atoms with Crippen molar-refractivity contribution in [2.24, 2.45) is 0 Å². The quantitative estimate of drug-likeness (QED) is 0.579. The largest absolute Gasteiger partial charge is 0.509 e. The average Bonchev–Trinajstić information content (AvgIpc) is 1.83. The van der Waals surface area contributed by atoms with Gasteiger partial charge in [0, 0.05) is 6.42 Å². The second kappa shape index (κ2) is 2.60. The first-order valence-corrected chi connectivity index (χ1v) is 3.88. The molecule has 0 aliphatic heterocycles. The van der Waals surface area contributed by atoms with Crippen LogP contribution >= 0.6 is 15.9 Å². The number of alkyl halides is 1. The van der Waals surface area contributed by atoms with Gasteiger partial charge in [-0.15, -0.1) is 0 Å². The lowest BCUT2D eigenvalue weighted by atomic mass is 10.0. The summed E-state index contributed by atoms with van der Waals surface area (Å²) >= 11 is 3.23. The first-order chi connectivity index (χ1) is 4.22. The number of allylic oxidation sites excluding steroid dienone is 2. The highest BCUT2D eigenvalue weighted by Crippen LogP contribution is 2.26. The third-order valence-corrected chi connectivity index (χ3v) is 2.36. The summed E-state index contributed by atoms with van der Waals surface area (Å²) in [4.78, 5) is -0.0220. The third kappa shape index (κ3) is 1.39. The summed E-state index contributed by atoms with van der Waals surface area (Å²) in [6.07, 6.45) is 2.48. The van der Waals surface area contributed by atoms with Crippen molar-refractivity contribution in [2.45, 2.75) is 24.1 Å². The monoisotopic (exact) mass is 192 g/mol. The zero-order valence-corrected chi connectivity index (χ0v) is 6.56. The molecule has 0 aromatic carbocycles. The third-order valence-electron chi connectivity index (χ3n) is 1.46. The standard InChI is InChI=1S/C6H9BrO2/c7-4-2-1-3-5(8)6(4)9/h4,8-9H,1-3H2. The van der Waals surface area contributed by atoms with Crippen LogP contribution in [0.3, 0.4) is 0 Å². The van der Waals surface area contributed by atoms with Crippen molar-refractivity contribution in [1.29, 1.82) is 0 Å². The molecule has 0 amide bonds. The maximum Gasteiger partial charge on any atom is 0.143 e. The van der Waals surface area contributed by atoms with Crippen LogP contribution in [-0.4, -0.2) is 15.0 Å². The number of aliphatic hydroxyl groups is 2. The van der Waals surface area contributed by atoms with Gasteiger partial charge in [0.25, 0.3) is 0 Å². The van der Waals surface area contributed by atoms with E-state index in [-0.39, 0.29) is 16.3 Å². The van der Waals surface area contributed by atoms with Crippen LogP contribution in [0.2, 0.25) is 0 Å². The molecule has 1 atom stereocenters. The Bertz CT molecular complexity index is 142. The molecule has 9 heavy (non-hydrogen) atoms. The van der Waals surface area contributed by atoms with E-state index in [0.29, 0.717) is 6.42 Å². The Labute approximate surface area is 62.3 Å².